The first-order valence-electron chi connectivity index (χ1n) is 4.90. The van der Waals surface area contributed by atoms with Crippen LogP contribution in [0.2, 0.25) is 0 Å². The van der Waals surface area contributed by atoms with Crippen molar-refractivity contribution in [2.24, 2.45) is 5.10 Å². The summed E-state index contributed by atoms with van der Waals surface area (Å²) in [5.74, 6) is -0.780. The summed E-state index contributed by atoms with van der Waals surface area (Å²) in [6, 6.07) is 8.48. The van der Waals surface area contributed by atoms with Gasteiger partial charge in [-0.1, -0.05) is 0 Å². The summed E-state index contributed by atoms with van der Waals surface area (Å²) in [6.45, 7) is 2.56. The summed E-state index contributed by atoms with van der Waals surface area (Å²) in [4.78, 5) is 22.1. The van der Waals surface area contributed by atoms with Gasteiger partial charge in [0.15, 0.2) is 17.3 Å². The van der Waals surface area contributed by atoms with Gasteiger partial charge in [0.05, 0.1) is 17.3 Å². The minimum Gasteiger partial charge on any atom is -0.293 e. The first-order valence-corrected chi connectivity index (χ1v) is 4.90. The zero-order chi connectivity index (χ0) is 12.8. The van der Waals surface area contributed by atoms with E-state index in [1.807, 2.05) is 6.07 Å². The molecule has 17 heavy (non-hydrogen) atoms. The largest absolute Gasteiger partial charge is 0.293 e. The zero-order valence-electron chi connectivity index (χ0n) is 9.52. The molecule has 0 unspecified atom stereocenters. The molecule has 1 N–H and O–H groups in total. The molecule has 0 saturated carbocycles. The third kappa shape index (κ3) is 3.54. The van der Waals surface area contributed by atoms with E-state index in [0.717, 1.165) is 0 Å². The molecule has 0 aliphatic rings. The number of hydrazone groups is 1. The molecule has 1 aromatic rings. The highest BCUT2D eigenvalue weighted by Crippen LogP contribution is 2.08. The van der Waals surface area contributed by atoms with Gasteiger partial charge in [-0.2, -0.15) is 10.4 Å². The number of anilines is 1. The lowest BCUT2D eigenvalue weighted by molar-refractivity contribution is -0.114. The highest BCUT2D eigenvalue weighted by atomic mass is 16.1. The topological polar surface area (TPSA) is 82.3 Å². The van der Waals surface area contributed by atoms with E-state index in [1.165, 1.54) is 13.8 Å². The SMILES string of the molecule is CC(=O)C(=NNc1ccc(C#N)cc1)C(C)=O. The van der Waals surface area contributed by atoms with Crippen LogP contribution in [-0.4, -0.2) is 17.3 Å². The first-order chi connectivity index (χ1) is 8.04. The number of nitriles is 1. The van der Waals surface area contributed by atoms with Crippen molar-refractivity contribution in [2.45, 2.75) is 13.8 Å². The van der Waals surface area contributed by atoms with Gasteiger partial charge >= 0.3 is 0 Å². The predicted octanol–water partition coefficient (Wildman–Crippen LogP) is 1.50. The monoisotopic (exact) mass is 229 g/mol. The number of Topliss-reactive ketones (excluding diaryl/α,β-unsaturated/α-hetero) is 2. The van der Waals surface area contributed by atoms with Crippen molar-refractivity contribution < 1.29 is 9.59 Å². The van der Waals surface area contributed by atoms with Crippen LogP contribution in [0.15, 0.2) is 29.4 Å². The van der Waals surface area contributed by atoms with E-state index < -0.39 is 11.6 Å². The van der Waals surface area contributed by atoms with Gasteiger partial charge in [-0.3, -0.25) is 15.0 Å². The van der Waals surface area contributed by atoms with Gasteiger partial charge < -0.3 is 0 Å². The summed E-state index contributed by atoms with van der Waals surface area (Å²) in [5.41, 5.74) is 3.59. The summed E-state index contributed by atoms with van der Waals surface area (Å²) >= 11 is 0. The number of hydrogen-bond acceptors (Lipinski definition) is 5. The third-order valence-corrected chi connectivity index (χ3v) is 1.98. The Bertz CT molecular complexity index is 494. The van der Waals surface area contributed by atoms with Crippen LogP contribution in [0.5, 0.6) is 0 Å². The number of nitrogens with zero attached hydrogens (tertiary/aromatic N) is 2. The van der Waals surface area contributed by atoms with Gasteiger partial charge in [0.2, 0.25) is 0 Å². The molecule has 0 spiro atoms. The molecule has 0 fully saturated rings. The van der Waals surface area contributed by atoms with Crippen LogP contribution in [0.1, 0.15) is 19.4 Å². The summed E-state index contributed by atoms with van der Waals surface area (Å²) in [6.07, 6.45) is 0. The number of carbonyl (C=O) groups excluding carboxylic acids is 2. The Morgan fingerprint density at radius 2 is 1.71 bits per heavy atom. The quantitative estimate of drug-likeness (QED) is 0.482. The molecule has 1 aromatic carbocycles. The van der Waals surface area contributed by atoms with E-state index >= 15 is 0 Å². The molecule has 1 rings (SSSR count). The fourth-order valence-electron chi connectivity index (χ4n) is 1.15. The van der Waals surface area contributed by atoms with E-state index in [9.17, 15) is 9.59 Å². The second-order valence-corrected chi connectivity index (χ2v) is 3.37. The molecule has 5 heteroatoms. The molecule has 0 aliphatic heterocycles. The molecule has 0 saturated heterocycles. The highest BCUT2D eigenvalue weighted by Gasteiger charge is 2.11. The van der Waals surface area contributed by atoms with Gasteiger partial charge in [-0.25, -0.2) is 0 Å². The molecule has 0 radical (unpaired) electrons. The predicted molar refractivity (Wildman–Crippen MR) is 63.6 cm³/mol. The lowest BCUT2D eigenvalue weighted by Crippen LogP contribution is -2.20. The fraction of sp³-hybridized carbons (Fsp3) is 0.167. The molecule has 0 aliphatic carbocycles. The van der Waals surface area contributed by atoms with Crippen molar-refractivity contribution >= 4 is 23.0 Å². The van der Waals surface area contributed by atoms with Crippen LogP contribution in [0.4, 0.5) is 5.69 Å². The van der Waals surface area contributed by atoms with Crippen molar-refractivity contribution in [2.75, 3.05) is 5.43 Å². The van der Waals surface area contributed by atoms with Crippen LogP contribution >= 0.6 is 0 Å². The Morgan fingerprint density at radius 3 is 2.12 bits per heavy atom. The number of carbonyl (C=O) groups is 2. The average Bonchev–Trinajstić information content (AvgIpc) is 2.29. The Hall–Kier alpha value is -2.48. The smallest absolute Gasteiger partial charge is 0.183 e. The first kappa shape index (κ1) is 12.6. The zero-order valence-corrected chi connectivity index (χ0v) is 9.52. The van der Waals surface area contributed by atoms with Gasteiger partial charge in [0.1, 0.15) is 0 Å². The van der Waals surface area contributed by atoms with E-state index in [4.69, 9.17) is 5.26 Å². The van der Waals surface area contributed by atoms with Crippen molar-refractivity contribution in [3.63, 3.8) is 0 Å². The van der Waals surface area contributed by atoms with Gasteiger partial charge in [-0.05, 0) is 24.3 Å². The van der Waals surface area contributed by atoms with E-state index in [-0.39, 0.29) is 5.71 Å². The normalized spacial score (nSPS) is 9.00. The second-order valence-electron chi connectivity index (χ2n) is 3.37. The maximum Gasteiger partial charge on any atom is 0.183 e. The van der Waals surface area contributed by atoms with Crippen molar-refractivity contribution in [3.8, 4) is 6.07 Å². The summed E-state index contributed by atoms with van der Waals surface area (Å²) in [7, 11) is 0. The Labute approximate surface area is 98.8 Å². The molecule has 86 valence electrons. The molecular weight excluding hydrogens is 218 g/mol. The van der Waals surface area contributed by atoms with Gasteiger partial charge in [-0.15, -0.1) is 0 Å². The number of rotatable bonds is 4. The summed E-state index contributed by atoms with van der Waals surface area (Å²) < 4.78 is 0. The van der Waals surface area contributed by atoms with Crippen molar-refractivity contribution in [1.29, 1.82) is 5.26 Å². The van der Waals surface area contributed by atoms with Crippen LogP contribution in [-0.2, 0) is 9.59 Å². The number of nitrogens with one attached hydrogen (secondary N) is 1. The van der Waals surface area contributed by atoms with E-state index in [2.05, 4.69) is 10.5 Å². The van der Waals surface area contributed by atoms with Gasteiger partial charge in [0.25, 0.3) is 0 Å². The standard InChI is InChI=1S/C12H11N3O2/c1-8(16)12(9(2)17)15-14-11-5-3-10(7-13)4-6-11/h3-6,14H,1-2H3. The molecule has 0 amide bonds. The number of ketones is 2. The van der Waals surface area contributed by atoms with Crippen LogP contribution in [0, 0.1) is 11.3 Å². The van der Waals surface area contributed by atoms with E-state index in [1.54, 1.807) is 24.3 Å². The molecule has 0 aromatic heterocycles. The number of hydrogen-bond donors (Lipinski definition) is 1. The molecule has 0 atom stereocenters. The average molecular weight is 229 g/mol. The van der Waals surface area contributed by atoms with Crippen molar-refractivity contribution in [3.05, 3.63) is 29.8 Å². The van der Waals surface area contributed by atoms with E-state index in [0.29, 0.717) is 11.3 Å². The highest BCUT2D eigenvalue weighted by molar-refractivity contribution is 6.65. The Balaban J connectivity index is 2.84. The molecule has 0 heterocycles. The minimum absolute atomic E-state index is 0.130. The lowest BCUT2D eigenvalue weighted by Gasteiger charge is -2.01. The lowest BCUT2D eigenvalue weighted by atomic mass is 10.2. The summed E-state index contributed by atoms with van der Waals surface area (Å²) in [5, 5.41) is 12.3. The number of benzene rings is 1. The molecule has 5 nitrogen and oxygen atoms in total. The van der Waals surface area contributed by atoms with Crippen molar-refractivity contribution in [1.82, 2.24) is 0 Å². The minimum atomic E-state index is -0.390. The van der Waals surface area contributed by atoms with Gasteiger partial charge in [0, 0.05) is 13.8 Å². The Kier molecular flexibility index (Phi) is 4.12. The van der Waals surface area contributed by atoms with Crippen LogP contribution < -0.4 is 5.43 Å². The fourth-order valence-corrected chi connectivity index (χ4v) is 1.15. The second kappa shape index (κ2) is 5.56. The maximum absolute atomic E-state index is 11.1. The third-order valence-electron chi connectivity index (χ3n) is 1.98. The van der Waals surface area contributed by atoms with Crippen LogP contribution in [0.3, 0.4) is 0 Å². The molecular formula is C12H11N3O2. The van der Waals surface area contributed by atoms with Crippen LogP contribution in [0.25, 0.3) is 0 Å². The Morgan fingerprint density at radius 1 is 1.18 bits per heavy atom. The maximum atomic E-state index is 11.1. The molecule has 0 bridgehead atoms.